The first-order valence-corrected chi connectivity index (χ1v) is 6.83. The Bertz CT molecular complexity index is 27.0. The van der Waals surface area contributed by atoms with Gasteiger partial charge in [-0.1, -0.05) is 87.5 Å². The van der Waals surface area contributed by atoms with E-state index in [9.17, 15) is 0 Å². The fourth-order valence-electron chi connectivity index (χ4n) is 0.500. The van der Waals surface area contributed by atoms with Crippen molar-refractivity contribution in [3.05, 3.63) is 13.2 Å². The highest BCUT2D eigenvalue weighted by atomic mass is 13.8. The maximum atomic E-state index is 3.00. The lowest BCUT2D eigenvalue weighted by atomic mass is 10.2. The van der Waals surface area contributed by atoms with Gasteiger partial charge in [0, 0.05) is 0 Å². The van der Waals surface area contributed by atoms with E-state index < -0.39 is 0 Å². The fourth-order valence-corrected chi connectivity index (χ4v) is 0.500. The molecule has 0 amide bonds. The van der Waals surface area contributed by atoms with Crippen LogP contribution < -0.4 is 0 Å². The Morgan fingerprint density at radius 1 is 0.600 bits per heavy atom. The van der Waals surface area contributed by atoms with Gasteiger partial charge in [-0.3, -0.25) is 0 Å². The molecule has 0 saturated carbocycles. The first-order valence-electron chi connectivity index (χ1n) is 6.83. The molecule has 0 unspecified atom stereocenters. The summed E-state index contributed by atoms with van der Waals surface area (Å²) in [6, 6.07) is 0. The second-order valence-electron chi connectivity index (χ2n) is 2.41. The van der Waals surface area contributed by atoms with Gasteiger partial charge in [0.2, 0.25) is 0 Å². The molecule has 0 heteroatoms. The molecule has 0 saturated heterocycles. The molecule has 0 nitrogen and oxygen atoms in total. The van der Waals surface area contributed by atoms with Crippen molar-refractivity contribution in [3.8, 4) is 0 Å². The molecule has 0 rings (SSSR count). The molecule has 0 aromatic carbocycles. The molecule has 0 aromatic heterocycles. The highest BCUT2D eigenvalue weighted by Crippen LogP contribution is 1.95. The van der Waals surface area contributed by atoms with E-state index in [4.69, 9.17) is 0 Å². The van der Waals surface area contributed by atoms with Crippen molar-refractivity contribution in [2.24, 2.45) is 0 Å². The van der Waals surface area contributed by atoms with Crippen molar-refractivity contribution >= 4 is 0 Å². The van der Waals surface area contributed by atoms with Crippen LogP contribution in [0.25, 0.3) is 0 Å². The van der Waals surface area contributed by atoms with Crippen LogP contribution in [0.4, 0.5) is 0 Å². The summed E-state index contributed by atoms with van der Waals surface area (Å²) in [5, 5.41) is 0. The average Bonchev–Trinajstić information content (AvgIpc) is 2.35. The lowest BCUT2D eigenvalue weighted by Crippen LogP contribution is -1.66. The molecule has 0 bridgehead atoms. The zero-order valence-electron chi connectivity index (χ0n) is 12.9. The smallest absolute Gasteiger partial charge is 0.0536 e. The van der Waals surface area contributed by atoms with Gasteiger partial charge in [0.25, 0.3) is 0 Å². The predicted octanol–water partition coefficient (Wildman–Crippen LogP) is 6.86. The summed E-state index contributed by atoms with van der Waals surface area (Å²) in [4.78, 5) is 0. The van der Waals surface area contributed by atoms with Crippen LogP contribution in [0.2, 0.25) is 0 Å². The van der Waals surface area contributed by atoms with Gasteiger partial charge < -0.3 is 0 Å². The van der Waals surface area contributed by atoms with Gasteiger partial charge in [0.15, 0.2) is 0 Å². The number of hydrogen-bond donors (Lipinski definition) is 0. The van der Waals surface area contributed by atoms with E-state index in [0.717, 1.165) is 0 Å². The molecule has 0 aliphatic carbocycles. The van der Waals surface area contributed by atoms with E-state index in [1.54, 1.807) is 0 Å². The van der Waals surface area contributed by atoms with Crippen LogP contribution in [0.1, 0.15) is 87.5 Å². The van der Waals surface area contributed by atoms with E-state index in [1.807, 2.05) is 27.7 Å². The molecule has 0 aliphatic heterocycles. The third-order valence-corrected chi connectivity index (χ3v) is 0.957. The van der Waals surface area contributed by atoms with Crippen LogP contribution >= 0.6 is 0 Å². The molecular weight excluding hydrogens is 180 g/mol. The van der Waals surface area contributed by atoms with Gasteiger partial charge in [0.1, 0.15) is 0 Å². The van der Waals surface area contributed by atoms with Crippen LogP contribution in [0.15, 0.2) is 13.2 Å². The fraction of sp³-hybridized carbons (Fsp3) is 0.867. The van der Waals surface area contributed by atoms with Crippen molar-refractivity contribution < 1.29 is 0 Å². The molecule has 0 heterocycles. The quantitative estimate of drug-likeness (QED) is 0.358. The Morgan fingerprint density at radius 3 is 0.800 bits per heavy atom. The SMILES string of the molecule is C=C.CC.CC.CCC.CCCCCC. The molecule has 0 aromatic rings. The van der Waals surface area contributed by atoms with E-state index in [2.05, 4.69) is 40.9 Å². The third-order valence-electron chi connectivity index (χ3n) is 0.957. The van der Waals surface area contributed by atoms with Crippen molar-refractivity contribution in [3.63, 3.8) is 0 Å². The summed E-state index contributed by atoms with van der Waals surface area (Å²) >= 11 is 0. The molecule has 0 spiro atoms. The maximum absolute atomic E-state index is 3.00. The monoisotopic (exact) mass is 218 g/mol. The summed E-state index contributed by atoms with van der Waals surface area (Å²) in [5.41, 5.74) is 0. The second-order valence-corrected chi connectivity index (χ2v) is 2.41. The molecule has 15 heavy (non-hydrogen) atoms. The zero-order chi connectivity index (χ0) is 13.5. The lowest BCUT2D eigenvalue weighted by Gasteiger charge is -1.86. The van der Waals surface area contributed by atoms with Crippen molar-refractivity contribution in [2.45, 2.75) is 87.5 Å². The summed E-state index contributed by atoms with van der Waals surface area (Å²) in [7, 11) is 0. The summed E-state index contributed by atoms with van der Waals surface area (Å²) < 4.78 is 0. The summed E-state index contributed by atoms with van der Waals surface area (Å²) in [5.74, 6) is 0. The molecular formula is C15H38. The standard InChI is InChI=1S/C6H14.C3H8.2C2H6.C2H4/c1-3-5-6-4-2;1-3-2;3*1-2/h3-6H2,1-2H3;3H2,1-2H3;2*1-2H3;1-2H2. The van der Waals surface area contributed by atoms with Crippen LogP contribution in [-0.4, -0.2) is 0 Å². The lowest BCUT2D eigenvalue weighted by molar-refractivity contribution is 0.702. The third kappa shape index (κ3) is 252. The van der Waals surface area contributed by atoms with E-state index >= 15 is 0 Å². The van der Waals surface area contributed by atoms with E-state index in [-0.39, 0.29) is 0 Å². The molecule has 0 radical (unpaired) electrons. The maximum Gasteiger partial charge on any atom is -0.0536 e. The van der Waals surface area contributed by atoms with Crippen LogP contribution in [-0.2, 0) is 0 Å². The van der Waals surface area contributed by atoms with Gasteiger partial charge >= 0.3 is 0 Å². The van der Waals surface area contributed by atoms with Gasteiger partial charge in [-0.25, -0.2) is 0 Å². The molecule has 0 N–H and O–H groups in total. The Morgan fingerprint density at radius 2 is 0.733 bits per heavy atom. The average molecular weight is 218 g/mol. The first-order chi connectivity index (χ1) is 7.33. The first kappa shape index (κ1) is 29.3. The van der Waals surface area contributed by atoms with Crippen molar-refractivity contribution in [1.29, 1.82) is 0 Å². The zero-order valence-corrected chi connectivity index (χ0v) is 12.9. The highest BCUT2D eigenvalue weighted by molar-refractivity contribution is 4.31. The van der Waals surface area contributed by atoms with Crippen molar-refractivity contribution in [1.82, 2.24) is 0 Å². The molecule has 98 valence electrons. The van der Waals surface area contributed by atoms with E-state index in [1.165, 1.54) is 32.1 Å². The minimum atomic E-state index is 1.25. The van der Waals surface area contributed by atoms with Gasteiger partial charge in [0.05, 0.1) is 0 Å². The summed E-state index contributed by atoms with van der Waals surface area (Å²) in [6.45, 7) is 22.7. The van der Waals surface area contributed by atoms with Crippen LogP contribution in [0.5, 0.6) is 0 Å². The van der Waals surface area contributed by atoms with Crippen LogP contribution in [0.3, 0.4) is 0 Å². The van der Waals surface area contributed by atoms with Gasteiger partial charge in [-0.05, 0) is 0 Å². The molecule has 0 fully saturated rings. The number of rotatable bonds is 3. The topological polar surface area (TPSA) is 0 Å². The normalized spacial score (nSPS) is 5.87. The Hall–Kier alpha value is -0.260. The molecule has 0 atom stereocenters. The van der Waals surface area contributed by atoms with Gasteiger partial charge in [-0.15, -0.1) is 13.2 Å². The predicted molar refractivity (Wildman–Crippen MR) is 79.7 cm³/mol. The van der Waals surface area contributed by atoms with E-state index in [0.29, 0.717) is 0 Å². The number of hydrogen-bond acceptors (Lipinski definition) is 0. The largest absolute Gasteiger partial charge is 0.106 e. The minimum Gasteiger partial charge on any atom is -0.106 e. The minimum absolute atomic E-state index is 1.25. The van der Waals surface area contributed by atoms with Crippen molar-refractivity contribution in [2.75, 3.05) is 0 Å². The van der Waals surface area contributed by atoms with Crippen LogP contribution in [0, 0.1) is 0 Å². The highest BCUT2D eigenvalue weighted by Gasteiger charge is 1.75. The molecule has 0 aliphatic rings. The summed E-state index contributed by atoms with van der Waals surface area (Å²) in [6.07, 6.45) is 6.79. The second kappa shape index (κ2) is 99.3. The number of unbranched alkanes of at least 4 members (excludes halogenated alkanes) is 3. The van der Waals surface area contributed by atoms with Gasteiger partial charge in [-0.2, -0.15) is 0 Å². The Balaban J connectivity index is -0.0000000318. The Kier molecular flexibility index (Phi) is 194. The Labute approximate surface area is 101 Å².